The van der Waals surface area contributed by atoms with Crippen LogP contribution in [0.2, 0.25) is 0 Å². The molecule has 1 heterocycles. The summed E-state index contributed by atoms with van der Waals surface area (Å²) in [5.41, 5.74) is 6.87. The second-order valence-corrected chi connectivity index (χ2v) is 4.86. The molecule has 0 radical (unpaired) electrons. The van der Waals surface area contributed by atoms with Crippen LogP contribution in [0.25, 0.3) is 0 Å². The van der Waals surface area contributed by atoms with Crippen molar-refractivity contribution in [2.45, 2.75) is 39.2 Å². The van der Waals surface area contributed by atoms with Gasteiger partial charge in [0.05, 0.1) is 6.33 Å². The van der Waals surface area contributed by atoms with Crippen LogP contribution in [0.4, 0.5) is 0 Å². The molecular formula is C12H21N3. The molecular weight excluding hydrogens is 186 g/mol. The van der Waals surface area contributed by atoms with Gasteiger partial charge in [0.2, 0.25) is 0 Å². The number of nitrogens with zero attached hydrogens (tertiary/aromatic N) is 2. The smallest absolute Gasteiger partial charge is 0.0948 e. The third-order valence-corrected chi connectivity index (χ3v) is 3.46. The van der Waals surface area contributed by atoms with E-state index < -0.39 is 0 Å². The lowest BCUT2D eigenvalue weighted by Crippen LogP contribution is -2.12. The van der Waals surface area contributed by atoms with Crippen molar-refractivity contribution in [2.24, 2.45) is 17.6 Å². The van der Waals surface area contributed by atoms with Gasteiger partial charge >= 0.3 is 0 Å². The summed E-state index contributed by atoms with van der Waals surface area (Å²) in [7, 11) is 0. The van der Waals surface area contributed by atoms with E-state index in [2.05, 4.69) is 16.5 Å². The highest BCUT2D eigenvalue weighted by molar-refractivity contribution is 4.99. The van der Waals surface area contributed by atoms with E-state index in [0.29, 0.717) is 6.54 Å². The monoisotopic (exact) mass is 207 g/mol. The maximum atomic E-state index is 5.58. The molecule has 2 atom stereocenters. The minimum absolute atomic E-state index is 0.715. The molecule has 0 spiro atoms. The molecule has 3 nitrogen and oxygen atoms in total. The Hall–Kier alpha value is -0.830. The van der Waals surface area contributed by atoms with Gasteiger partial charge in [0, 0.05) is 24.9 Å². The summed E-state index contributed by atoms with van der Waals surface area (Å²) >= 11 is 0. The van der Waals surface area contributed by atoms with Crippen LogP contribution in [0, 0.1) is 11.8 Å². The third-order valence-electron chi connectivity index (χ3n) is 3.46. The molecule has 2 N–H and O–H groups in total. The first kappa shape index (κ1) is 10.7. The number of rotatable bonds is 4. The van der Waals surface area contributed by atoms with Gasteiger partial charge in [0.15, 0.2) is 0 Å². The lowest BCUT2D eigenvalue weighted by molar-refractivity contribution is 0.433. The first-order chi connectivity index (χ1) is 7.29. The summed E-state index contributed by atoms with van der Waals surface area (Å²) in [5.74, 6) is 1.77. The van der Waals surface area contributed by atoms with Gasteiger partial charge in [-0.25, -0.2) is 4.98 Å². The van der Waals surface area contributed by atoms with Crippen LogP contribution >= 0.6 is 0 Å². The van der Waals surface area contributed by atoms with E-state index in [9.17, 15) is 0 Å². The summed E-state index contributed by atoms with van der Waals surface area (Å²) in [6.07, 6.45) is 8.99. The number of imidazole rings is 1. The van der Waals surface area contributed by atoms with E-state index in [1.807, 2.05) is 12.5 Å². The molecule has 0 saturated heterocycles. The fraction of sp³-hybridized carbons (Fsp3) is 0.750. The van der Waals surface area contributed by atoms with Gasteiger partial charge in [-0.15, -0.1) is 0 Å². The molecule has 3 heteroatoms. The molecule has 1 aliphatic rings. The van der Waals surface area contributed by atoms with Gasteiger partial charge < -0.3 is 10.3 Å². The highest BCUT2D eigenvalue weighted by Gasteiger charge is 2.21. The van der Waals surface area contributed by atoms with Crippen LogP contribution in [0.3, 0.4) is 0 Å². The number of nitrogens with two attached hydrogens (primary N) is 1. The lowest BCUT2D eigenvalue weighted by Gasteiger charge is -2.13. The van der Waals surface area contributed by atoms with Crippen molar-refractivity contribution in [1.82, 2.24) is 9.55 Å². The Labute approximate surface area is 91.7 Å². The Balaban J connectivity index is 1.95. The van der Waals surface area contributed by atoms with E-state index in [1.165, 1.54) is 25.0 Å². The predicted octanol–water partition coefficient (Wildman–Crippen LogP) is 1.82. The minimum Gasteiger partial charge on any atom is -0.334 e. The summed E-state index contributed by atoms with van der Waals surface area (Å²) in [6.45, 7) is 4.21. The molecule has 84 valence electrons. The zero-order valence-corrected chi connectivity index (χ0v) is 9.52. The first-order valence-electron chi connectivity index (χ1n) is 5.98. The first-order valence-corrected chi connectivity index (χ1v) is 5.98. The Kier molecular flexibility index (Phi) is 3.41. The van der Waals surface area contributed by atoms with Crippen molar-refractivity contribution < 1.29 is 0 Å². The molecule has 1 fully saturated rings. The van der Waals surface area contributed by atoms with Crippen LogP contribution in [-0.2, 0) is 13.0 Å². The second kappa shape index (κ2) is 4.79. The Morgan fingerprint density at radius 2 is 2.40 bits per heavy atom. The molecule has 0 aromatic carbocycles. The van der Waals surface area contributed by atoms with Crippen molar-refractivity contribution in [3.8, 4) is 0 Å². The number of hydrogen-bond acceptors (Lipinski definition) is 2. The fourth-order valence-electron chi connectivity index (χ4n) is 2.64. The van der Waals surface area contributed by atoms with Gasteiger partial charge in [0.25, 0.3) is 0 Å². The van der Waals surface area contributed by atoms with Crippen LogP contribution in [0.15, 0.2) is 12.5 Å². The van der Waals surface area contributed by atoms with Crippen LogP contribution in [0.5, 0.6) is 0 Å². The average molecular weight is 207 g/mol. The molecule has 0 amide bonds. The van der Waals surface area contributed by atoms with Crippen molar-refractivity contribution in [3.05, 3.63) is 18.2 Å². The third kappa shape index (κ3) is 2.59. The van der Waals surface area contributed by atoms with E-state index in [4.69, 9.17) is 5.73 Å². The molecule has 1 saturated carbocycles. The largest absolute Gasteiger partial charge is 0.334 e. The molecule has 2 rings (SSSR count). The standard InChI is InChI=1S/C12H21N3/c1-10-2-3-11(6-10)8-15-9-14-7-12(15)4-5-13/h7,9-11H,2-6,8,13H2,1H3. The van der Waals surface area contributed by atoms with E-state index in [1.54, 1.807) is 0 Å². The van der Waals surface area contributed by atoms with Crippen molar-refractivity contribution in [2.75, 3.05) is 6.54 Å². The Morgan fingerprint density at radius 3 is 3.07 bits per heavy atom. The maximum absolute atomic E-state index is 5.58. The van der Waals surface area contributed by atoms with Gasteiger partial charge in [-0.3, -0.25) is 0 Å². The molecule has 15 heavy (non-hydrogen) atoms. The van der Waals surface area contributed by atoms with Crippen molar-refractivity contribution in [1.29, 1.82) is 0 Å². The maximum Gasteiger partial charge on any atom is 0.0948 e. The highest BCUT2D eigenvalue weighted by atomic mass is 15.0. The molecule has 1 aromatic heterocycles. The summed E-state index contributed by atoms with van der Waals surface area (Å²) < 4.78 is 2.29. The molecule has 0 bridgehead atoms. The zero-order valence-electron chi connectivity index (χ0n) is 9.52. The van der Waals surface area contributed by atoms with Gasteiger partial charge in [0.1, 0.15) is 0 Å². The van der Waals surface area contributed by atoms with E-state index in [0.717, 1.165) is 24.8 Å². The zero-order chi connectivity index (χ0) is 10.7. The Bertz CT molecular complexity index is 306. The lowest BCUT2D eigenvalue weighted by atomic mass is 10.1. The minimum atomic E-state index is 0.715. The summed E-state index contributed by atoms with van der Waals surface area (Å²) in [4.78, 5) is 4.21. The fourth-order valence-corrected chi connectivity index (χ4v) is 2.64. The SMILES string of the molecule is CC1CCC(Cn2cncc2CCN)C1. The van der Waals surface area contributed by atoms with Gasteiger partial charge in [-0.1, -0.05) is 13.3 Å². The quantitative estimate of drug-likeness (QED) is 0.818. The van der Waals surface area contributed by atoms with Crippen molar-refractivity contribution in [3.63, 3.8) is 0 Å². The van der Waals surface area contributed by atoms with Crippen molar-refractivity contribution >= 4 is 0 Å². The van der Waals surface area contributed by atoms with Crippen LogP contribution in [-0.4, -0.2) is 16.1 Å². The Morgan fingerprint density at radius 1 is 1.53 bits per heavy atom. The normalized spacial score (nSPS) is 26.0. The molecule has 1 aromatic rings. The average Bonchev–Trinajstić information content (AvgIpc) is 2.78. The molecule has 0 aliphatic heterocycles. The summed E-state index contributed by atoms with van der Waals surface area (Å²) in [5, 5.41) is 0. The van der Waals surface area contributed by atoms with Gasteiger partial charge in [-0.05, 0) is 31.2 Å². The topological polar surface area (TPSA) is 43.8 Å². The van der Waals surface area contributed by atoms with Crippen LogP contribution in [0.1, 0.15) is 31.9 Å². The van der Waals surface area contributed by atoms with Crippen LogP contribution < -0.4 is 5.73 Å². The summed E-state index contributed by atoms with van der Waals surface area (Å²) in [6, 6.07) is 0. The van der Waals surface area contributed by atoms with Gasteiger partial charge in [-0.2, -0.15) is 0 Å². The van der Waals surface area contributed by atoms with E-state index in [-0.39, 0.29) is 0 Å². The number of aromatic nitrogens is 2. The predicted molar refractivity (Wildman–Crippen MR) is 61.5 cm³/mol. The molecule has 2 unspecified atom stereocenters. The number of hydrogen-bond donors (Lipinski definition) is 1. The van der Waals surface area contributed by atoms with E-state index >= 15 is 0 Å². The molecule has 1 aliphatic carbocycles. The highest BCUT2D eigenvalue weighted by Crippen LogP contribution is 2.31. The second-order valence-electron chi connectivity index (χ2n) is 4.86.